The highest BCUT2D eigenvalue weighted by Crippen LogP contribution is 2.33. The van der Waals surface area contributed by atoms with Gasteiger partial charge in [0.2, 0.25) is 0 Å². The molecule has 0 spiro atoms. The number of methoxy groups -OCH3 is 1. The van der Waals surface area contributed by atoms with Crippen LogP contribution in [0.3, 0.4) is 0 Å². The van der Waals surface area contributed by atoms with E-state index >= 15 is 0 Å². The lowest BCUT2D eigenvalue weighted by Crippen LogP contribution is -2.46. The minimum atomic E-state index is -4.77. The van der Waals surface area contributed by atoms with Crippen molar-refractivity contribution in [2.75, 3.05) is 20.2 Å². The monoisotopic (exact) mass is 303 g/mol. The van der Waals surface area contributed by atoms with Crippen molar-refractivity contribution in [3.63, 3.8) is 0 Å². The summed E-state index contributed by atoms with van der Waals surface area (Å²) >= 11 is 0. The van der Waals surface area contributed by atoms with E-state index in [-0.39, 0.29) is 23.6 Å². The molecule has 1 saturated heterocycles. The van der Waals surface area contributed by atoms with Crippen molar-refractivity contribution in [2.24, 2.45) is 10.7 Å². The van der Waals surface area contributed by atoms with Crippen molar-refractivity contribution in [1.82, 2.24) is 4.90 Å². The van der Waals surface area contributed by atoms with Crippen LogP contribution in [0.25, 0.3) is 0 Å². The highest BCUT2D eigenvalue weighted by molar-refractivity contribution is 5.78. The fourth-order valence-corrected chi connectivity index (χ4v) is 1.92. The Morgan fingerprint density at radius 3 is 2.52 bits per heavy atom. The topological polar surface area (TPSA) is 60.1 Å². The standard InChI is InChI=1S/C13H16F3N3O2/c1-20-10-4-2-5-11(21-13(14,15)16)9(10)8-18-12(17)19-6-3-7-19/h2,4-5H,3,6-8H2,1H3,(H2,17,18). The number of aliphatic imine (C=N–C) groups is 1. The third-order valence-corrected chi connectivity index (χ3v) is 3.11. The molecule has 1 aliphatic heterocycles. The first-order valence-corrected chi connectivity index (χ1v) is 6.37. The predicted octanol–water partition coefficient (Wildman–Crippen LogP) is 2.11. The van der Waals surface area contributed by atoms with Gasteiger partial charge in [0.25, 0.3) is 0 Å². The summed E-state index contributed by atoms with van der Waals surface area (Å²) in [7, 11) is 1.37. The first-order chi connectivity index (χ1) is 9.90. The highest BCUT2D eigenvalue weighted by Gasteiger charge is 2.32. The fourth-order valence-electron chi connectivity index (χ4n) is 1.92. The van der Waals surface area contributed by atoms with Crippen LogP contribution >= 0.6 is 0 Å². The second kappa shape index (κ2) is 6.11. The number of halogens is 3. The van der Waals surface area contributed by atoms with Gasteiger partial charge in [0.1, 0.15) is 11.5 Å². The molecule has 8 heteroatoms. The van der Waals surface area contributed by atoms with Crippen LogP contribution in [0.1, 0.15) is 12.0 Å². The van der Waals surface area contributed by atoms with E-state index in [1.54, 1.807) is 6.07 Å². The van der Waals surface area contributed by atoms with E-state index < -0.39 is 6.36 Å². The zero-order valence-electron chi connectivity index (χ0n) is 11.5. The van der Waals surface area contributed by atoms with Gasteiger partial charge >= 0.3 is 6.36 Å². The summed E-state index contributed by atoms with van der Waals surface area (Å²) in [5.41, 5.74) is 5.98. The van der Waals surface area contributed by atoms with Crippen molar-refractivity contribution in [2.45, 2.75) is 19.3 Å². The largest absolute Gasteiger partial charge is 0.573 e. The summed E-state index contributed by atoms with van der Waals surface area (Å²) in [6.45, 7) is 1.58. The van der Waals surface area contributed by atoms with Crippen molar-refractivity contribution in [1.29, 1.82) is 0 Å². The summed E-state index contributed by atoms with van der Waals surface area (Å²) < 4.78 is 46.3. The van der Waals surface area contributed by atoms with Crippen molar-refractivity contribution < 1.29 is 22.6 Å². The van der Waals surface area contributed by atoms with Crippen LogP contribution in [0.4, 0.5) is 13.2 Å². The van der Waals surface area contributed by atoms with E-state index in [1.165, 1.54) is 19.2 Å². The number of hydrogen-bond acceptors (Lipinski definition) is 3. The average Bonchev–Trinajstić information content (AvgIpc) is 2.32. The Balaban J connectivity index is 2.22. The van der Waals surface area contributed by atoms with Gasteiger partial charge in [-0.1, -0.05) is 6.07 Å². The minimum absolute atomic E-state index is 0.0439. The Labute approximate surface area is 120 Å². The van der Waals surface area contributed by atoms with Gasteiger partial charge in [-0.25, -0.2) is 4.99 Å². The molecule has 0 aliphatic carbocycles. The summed E-state index contributed by atoms with van der Waals surface area (Å²) in [6.07, 6.45) is -3.73. The first kappa shape index (κ1) is 15.3. The molecule has 5 nitrogen and oxygen atoms in total. The van der Waals surface area contributed by atoms with Crippen LogP contribution in [0, 0.1) is 0 Å². The highest BCUT2D eigenvalue weighted by atomic mass is 19.4. The number of hydrogen-bond donors (Lipinski definition) is 1. The van der Waals surface area contributed by atoms with Gasteiger partial charge in [0, 0.05) is 13.1 Å². The Morgan fingerprint density at radius 1 is 1.33 bits per heavy atom. The number of likely N-dealkylation sites (tertiary alicyclic amines) is 1. The van der Waals surface area contributed by atoms with Crippen molar-refractivity contribution in [3.05, 3.63) is 23.8 Å². The molecule has 0 unspecified atom stereocenters. The number of rotatable bonds is 4. The number of ether oxygens (including phenoxy) is 2. The van der Waals surface area contributed by atoms with Crippen LogP contribution in [-0.2, 0) is 6.54 Å². The maximum absolute atomic E-state index is 12.4. The summed E-state index contributed by atoms with van der Waals surface area (Å²) in [6, 6.07) is 4.19. The zero-order valence-corrected chi connectivity index (χ0v) is 11.5. The van der Waals surface area contributed by atoms with Gasteiger partial charge in [-0.2, -0.15) is 0 Å². The minimum Gasteiger partial charge on any atom is -0.496 e. The van der Waals surface area contributed by atoms with Crippen molar-refractivity contribution >= 4 is 5.96 Å². The van der Waals surface area contributed by atoms with Gasteiger partial charge in [0.05, 0.1) is 19.2 Å². The number of nitrogens with two attached hydrogens (primary N) is 1. The first-order valence-electron chi connectivity index (χ1n) is 6.37. The summed E-state index contributed by atoms with van der Waals surface area (Å²) in [5.74, 6) is 0.254. The van der Waals surface area contributed by atoms with Gasteiger partial charge in [0.15, 0.2) is 5.96 Å². The van der Waals surface area contributed by atoms with Crippen LogP contribution in [0.5, 0.6) is 11.5 Å². The SMILES string of the molecule is COc1cccc(OC(F)(F)F)c1CN=C(N)N1CCC1. The molecule has 0 aromatic heterocycles. The van der Waals surface area contributed by atoms with Crippen LogP contribution in [0.15, 0.2) is 23.2 Å². The van der Waals surface area contributed by atoms with Gasteiger partial charge in [-0.3, -0.25) is 0 Å². The molecule has 0 atom stereocenters. The second-order valence-corrected chi connectivity index (χ2v) is 4.50. The molecule has 2 rings (SSSR count). The van der Waals surface area contributed by atoms with Crippen LogP contribution in [-0.4, -0.2) is 37.4 Å². The lowest BCUT2D eigenvalue weighted by molar-refractivity contribution is -0.274. The summed E-state index contributed by atoms with van der Waals surface area (Å²) in [4.78, 5) is 5.96. The van der Waals surface area contributed by atoms with Crippen LogP contribution < -0.4 is 15.2 Å². The van der Waals surface area contributed by atoms with Gasteiger partial charge < -0.3 is 20.1 Å². The summed E-state index contributed by atoms with van der Waals surface area (Å²) in [5, 5.41) is 0. The normalized spacial score (nSPS) is 15.6. The van der Waals surface area contributed by atoms with E-state index in [0.717, 1.165) is 19.5 Å². The number of nitrogens with zero attached hydrogens (tertiary/aromatic N) is 2. The van der Waals surface area contributed by atoms with Crippen LogP contribution in [0.2, 0.25) is 0 Å². The third-order valence-electron chi connectivity index (χ3n) is 3.11. The predicted molar refractivity (Wildman–Crippen MR) is 71.2 cm³/mol. The molecule has 2 N–H and O–H groups in total. The molecular weight excluding hydrogens is 287 g/mol. The van der Waals surface area contributed by atoms with Crippen molar-refractivity contribution in [3.8, 4) is 11.5 Å². The fraction of sp³-hybridized carbons (Fsp3) is 0.462. The molecule has 0 bridgehead atoms. The number of alkyl halides is 3. The molecule has 0 saturated carbocycles. The second-order valence-electron chi connectivity index (χ2n) is 4.50. The Hall–Kier alpha value is -2.12. The molecule has 0 radical (unpaired) electrons. The Morgan fingerprint density at radius 2 is 2.00 bits per heavy atom. The molecule has 1 heterocycles. The molecule has 1 aliphatic rings. The van der Waals surface area contributed by atoms with E-state index in [1.807, 2.05) is 4.90 Å². The van der Waals surface area contributed by atoms with Gasteiger partial charge in [-0.05, 0) is 18.6 Å². The number of benzene rings is 1. The smallest absolute Gasteiger partial charge is 0.496 e. The lowest BCUT2D eigenvalue weighted by atomic mass is 10.1. The molecule has 1 fully saturated rings. The molecule has 0 amide bonds. The molecule has 1 aromatic rings. The molecule has 116 valence electrons. The maximum Gasteiger partial charge on any atom is 0.573 e. The average molecular weight is 303 g/mol. The molecule has 1 aromatic carbocycles. The van der Waals surface area contributed by atoms with E-state index in [4.69, 9.17) is 10.5 Å². The maximum atomic E-state index is 12.4. The van der Waals surface area contributed by atoms with E-state index in [9.17, 15) is 13.2 Å². The quantitative estimate of drug-likeness (QED) is 0.683. The zero-order chi connectivity index (χ0) is 15.5. The van der Waals surface area contributed by atoms with Gasteiger partial charge in [-0.15, -0.1) is 13.2 Å². The Kier molecular flexibility index (Phi) is 4.44. The van der Waals surface area contributed by atoms with E-state index in [0.29, 0.717) is 5.96 Å². The molecule has 21 heavy (non-hydrogen) atoms. The molecular formula is C13H16F3N3O2. The number of guanidine groups is 1. The van der Waals surface area contributed by atoms with E-state index in [2.05, 4.69) is 9.73 Å². The lowest BCUT2D eigenvalue weighted by Gasteiger charge is -2.31. The Bertz CT molecular complexity index is 528. The third kappa shape index (κ3) is 3.93.